The summed E-state index contributed by atoms with van der Waals surface area (Å²) in [7, 11) is -0.489. The Hall–Kier alpha value is -2.72. The summed E-state index contributed by atoms with van der Waals surface area (Å²) >= 11 is 0. The third kappa shape index (κ3) is 4.88. The molecule has 4 N–H and O–H groups in total. The second kappa shape index (κ2) is 7.45. The molecular formula is C15H19N5O4S. The number of nitrogens with two attached hydrogens (primary N) is 1. The molecule has 10 heteroatoms. The van der Waals surface area contributed by atoms with Gasteiger partial charge in [0.25, 0.3) is 11.5 Å². The number of benzene rings is 1. The number of nitrogen functional groups attached to an aromatic ring is 1. The van der Waals surface area contributed by atoms with Crippen molar-refractivity contribution in [2.24, 2.45) is 0 Å². The lowest BCUT2D eigenvalue weighted by atomic mass is 10.1. The van der Waals surface area contributed by atoms with Gasteiger partial charge >= 0.3 is 0 Å². The molecule has 1 heterocycles. The average Bonchev–Trinajstić information content (AvgIpc) is 2.53. The summed E-state index contributed by atoms with van der Waals surface area (Å²) in [5, 5.41) is 2.55. The van der Waals surface area contributed by atoms with Crippen LogP contribution in [0.3, 0.4) is 0 Å². The Labute approximate surface area is 144 Å². The van der Waals surface area contributed by atoms with Gasteiger partial charge < -0.3 is 11.1 Å². The molecule has 0 saturated carbocycles. The first kappa shape index (κ1) is 18.6. The van der Waals surface area contributed by atoms with E-state index >= 15 is 0 Å². The van der Waals surface area contributed by atoms with E-state index in [1.165, 1.54) is 20.2 Å². The maximum absolute atomic E-state index is 12.0. The smallest absolute Gasteiger partial charge is 0.252 e. The fourth-order valence-corrected chi connectivity index (χ4v) is 2.72. The van der Waals surface area contributed by atoms with Gasteiger partial charge in [0.05, 0.1) is 11.4 Å². The van der Waals surface area contributed by atoms with E-state index < -0.39 is 10.0 Å². The van der Waals surface area contributed by atoms with Gasteiger partial charge in [-0.3, -0.25) is 14.6 Å². The van der Waals surface area contributed by atoms with Crippen molar-refractivity contribution in [1.82, 2.24) is 19.6 Å². The van der Waals surface area contributed by atoms with Crippen molar-refractivity contribution in [2.75, 3.05) is 32.1 Å². The first-order chi connectivity index (χ1) is 11.7. The van der Waals surface area contributed by atoms with Gasteiger partial charge in [0.2, 0.25) is 16.0 Å². The predicted molar refractivity (Wildman–Crippen MR) is 94.5 cm³/mol. The van der Waals surface area contributed by atoms with Crippen molar-refractivity contribution in [3.63, 3.8) is 0 Å². The number of amides is 1. The molecule has 9 nitrogen and oxygen atoms in total. The zero-order chi connectivity index (χ0) is 18.6. The van der Waals surface area contributed by atoms with Crippen LogP contribution in [0.4, 0.5) is 5.95 Å². The lowest BCUT2D eigenvalue weighted by Gasteiger charge is -2.11. The summed E-state index contributed by atoms with van der Waals surface area (Å²) < 4.78 is 24.4. The highest BCUT2D eigenvalue weighted by atomic mass is 32.2. The Balaban J connectivity index is 2.04. The van der Waals surface area contributed by atoms with E-state index in [0.717, 1.165) is 4.31 Å². The van der Waals surface area contributed by atoms with Crippen LogP contribution in [0.2, 0.25) is 0 Å². The molecular weight excluding hydrogens is 346 g/mol. The quantitative estimate of drug-likeness (QED) is 0.639. The molecule has 0 aliphatic heterocycles. The van der Waals surface area contributed by atoms with Gasteiger partial charge in [-0.15, -0.1) is 0 Å². The van der Waals surface area contributed by atoms with E-state index in [0.29, 0.717) is 16.8 Å². The summed E-state index contributed by atoms with van der Waals surface area (Å²) in [6.07, 6.45) is 0. The fourth-order valence-electron chi connectivity index (χ4n) is 1.99. The van der Waals surface area contributed by atoms with Gasteiger partial charge in [0.15, 0.2) is 0 Å². The van der Waals surface area contributed by atoms with Crippen LogP contribution in [-0.4, -0.2) is 55.0 Å². The van der Waals surface area contributed by atoms with Gasteiger partial charge in [-0.1, -0.05) is 12.1 Å². The normalized spacial score (nSPS) is 11.5. The molecule has 0 fully saturated rings. The number of aromatic amines is 1. The first-order valence-electron chi connectivity index (χ1n) is 7.35. The highest BCUT2D eigenvalue weighted by Gasteiger charge is 2.14. The first-order valence-corrected chi connectivity index (χ1v) is 8.95. The Bertz CT molecular complexity index is 920. The maximum Gasteiger partial charge on any atom is 0.252 e. The molecule has 1 amide bonds. The van der Waals surface area contributed by atoms with Gasteiger partial charge in [-0.05, 0) is 12.1 Å². The number of H-pyrrole nitrogens is 1. The highest BCUT2D eigenvalue weighted by molar-refractivity contribution is 7.89. The van der Waals surface area contributed by atoms with Crippen molar-refractivity contribution in [3.8, 4) is 11.3 Å². The molecule has 134 valence electrons. The number of hydrogen-bond acceptors (Lipinski definition) is 6. The zero-order valence-corrected chi connectivity index (χ0v) is 14.6. The van der Waals surface area contributed by atoms with E-state index in [2.05, 4.69) is 15.3 Å². The number of hydrogen-bond donors (Lipinski definition) is 3. The van der Waals surface area contributed by atoms with Gasteiger partial charge in [-0.25, -0.2) is 17.7 Å². The van der Waals surface area contributed by atoms with Crippen molar-refractivity contribution < 1.29 is 13.2 Å². The third-order valence-corrected chi connectivity index (χ3v) is 5.24. The number of aromatic nitrogens is 2. The number of nitrogens with zero attached hydrogens (tertiary/aromatic N) is 2. The third-order valence-electron chi connectivity index (χ3n) is 3.40. The Morgan fingerprint density at radius 1 is 1.28 bits per heavy atom. The second-order valence-corrected chi connectivity index (χ2v) is 7.75. The van der Waals surface area contributed by atoms with Crippen LogP contribution < -0.4 is 16.6 Å². The Morgan fingerprint density at radius 2 is 1.92 bits per heavy atom. The van der Waals surface area contributed by atoms with Crippen LogP contribution >= 0.6 is 0 Å². The van der Waals surface area contributed by atoms with Crippen molar-refractivity contribution in [2.45, 2.75) is 0 Å². The van der Waals surface area contributed by atoms with Gasteiger partial charge in [-0.2, -0.15) is 0 Å². The van der Waals surface area contributed by atoms with Crippen molar-refractivity contribution in [1.29, 1.82) is 0 Å². The standard InChI is InChI=1S/C15H19N5O4S/c1-20(2)25(23,24)8-7-17-14(22)11-5-3-10(4-6-11)12-9-13(21)19-15(16)18-12/h3-6,9H,7-8H2,1-2H3,(H,17,22)(H3,16,18,19,21). The summed E-state index contributed by atoms with van der Waals surface area (Å²) in [4.78, 5) is 29.8. The van der Waals surface area contributed by atoms with E-state index in [1.807, 2.05) is 0 Å². The van der Waals surface area contributed by atoms with E-state index in [9.17, 15) is 18.0 Å². The van der Waals surface area contributed by atoms with Crippen molar-refractivity contribution in [3.05, 3.63) is 46.2 Å². The monoisotopic (exact) mass is 365 g/mol. The van der Waals surface area contributed by atoms with E-state index in [1.54, 1.807) is 24.3 Å². The number of carbonyl (C=O) groups excluding carboxylic acids is 1. The molecule has 0 radical (unpaired) electrons. The molecule has 1 aromatic heterocycles. The summed E-state index contributed by atoms with van der Waals surface area (Å²) in [6, 6.07) is 7.69. The Morgan fingerprint density at radius 3 is 2.48 bits per heavy atom. The van der Waals surface area contributed by atoms with Crippen molar-refractivity contribution >= 4 is 21.9 Å². The van der Waals surface area contributed by atoms with E-state index in [4.69, 9.17) is 5.73 Å². The molecule has 0 bridgehead atoms. The molecule has 0 aliphatic carbocycles. The average molecular weight is 365 g/mol. The van der Waals surface area contributed by atoms with Crippen LogP contribution in [0.1, 0.15) is 10.4 Å². The molecule has 0 spiro atoms. The zero-order valence-electron chi connectivity index (χ0n) is 13.8. The van der Waals surface area contributed by atoms with E-state index in [-0.39, 0.29) is 29.7 Å². The van der Waals surface area contributed by atoms with Gasteiger partial charge in [0, 0.05) is 37.8 Å². The molecule has 2 aromatic rings. The molecule has 2 rings (SSSR count). The topological polar surface area (TPSA) is 138 Å². The molecule has 0 aliphatic rings. The lowest BCUT2D eigenvalue weighted by molar-refractivity contribution is 0.0956. The fraction of sp³-hybridized carbons (Fsp3) is 0.267. The predicted octanol–water partition coefficient (Wildman–Crippen LogP) is -0.360. The van der Waals surface area contributed by atoms with Gasteiger partial charge in [0.1, 0.15) is 0 Å². The molecule has 1 aromatic carbocycles. The molecule has 0 saturated heterocycles. The molecule has 0 atom stereocenters. The second-order valence-electron chi connectivity index (χ2n) is 5.45. The summed E-state index contributed by atoms with van der Waals surface area (Å²) in [5.74, 6) is -0.565. The summed E-state index contributed by atoms with van der Waals surface area (Å²) in [5.41, 5.74) is 6.52. The molecule has 0 unspecified atom stereocenters. The van der Waals surface area contributed by atoms with Crippen LogP contribution in [0.15, 0.2) is 35.1 Å². The lowest BCUT2D eigenvalue weighted by Crippen LogP contribution is -2.33. The minimum absolute atomic E-state index is 0.00595. The number of sulfonamides is 1. The number of anilines is 1. The Kier molecular flexibility index (Phi) is 5.55. The molecule has 25 heavy (non-hydrogen) atoms. The van der Waals surface area contributed by atoms with Crippen LogP contribution in [0, 0.1) is 0 Å². The minimum Gasteiger partial charge on any atom is -0.369 e. The summed E-state index contributed by atoms with van der Waals surface area (Å²) in [6.45, 7) is 0.00719. The number of nitrogens with one attached hydrogen (secondary N) is 2. The minimum atomic E-state index is -3.36. The largest absolute Gasteiger partial charge is 0.369 e. The number of carbonyl (C=O) groups is 1. The number of rotatable bonds is 6. The highest BCUT2D eigenvalue weighted by Crippen LogP contribution is 2.16. The van der Waals surface area contributed by atoms with Crippen LogP contribution in [0.25, 0.3) is 11.3 Å². The van der Waals surface area contributed by atoms with Crippen LogP contribution in [0.5, 0.6) is 0 Å². The SMILES string of the molecule is CN(C)S(=O)(=O)CCNC(=O)c1ccc(-c2cc(=O)[nH]c(N)n2)cc1. The maximum atomic E-state index is 12.0. The van der Waals surface area contributed by atoms with Crippen LogP contribution in [-0.2, 0) is 10.0 Å².